The molecule has 122 valence electrons. The predicted molar refractivity (Wildman–Crippen MR) is 86.6 cm³/mol. The number of halogens is 1. The van der Waals surface area contributed by atoms with Gasteiger partial charge in [-0.25, -0.2) is 14.1 Å². The van der Waals surface area contributed by atoms with Gasteiger partial charge in [0, 0.05) is 0 Å². The Kier molecular flexibility index (Phi) is 4.10. The van der Waals surface area contributed by atoms with Crippen LogP contribution in [-0.4, -0.2) is 17.8 Å². The number of anilines is 1. The molecule has 1 saturated heterocycles. The molecule has 0 spiro atoms. The number of imide groups is 2. The van der Waals surface area contributed by atoms with E-state index in [9.17, 15) is 18.8 Å². The minimum Gasteiger partial charge on any atom is -0.273 e. The average molecular weight is 335 g/mol. The van der Waals surface area contributed by atoms with Gasteiger partial charge >= 0.3 is 6.03 Å². The molecule has 0 aliphatic carbocycles. The molecule has 7 heteroatoms. The lowest BCUT2D eigenvalue weighted by Gasteiger charge is -2.26. The zero-order valence-electron chi connectivity index (χ0n) is 12.7. The Morgan fingerprint density at radius 1 is 1.00 bits per heavy atom. The lowest BCUT2D eigenvalue weighted by molar-refractivity contribution is -0.122. The first-order chi connectivity index (χ1) is 12.0. The van der Waals surface area contributed by atoms with Crippen molar-refractivity contribution < 1.29 is 18.8 Å². The molecule has 2 aromatic carbocycles. The normalized spacial score (nSPS) is 15.9. The van der Waals surface area contributed by atoms with Crippen LogP contribution in [0.5, 0.6) is 0 Å². The highest BCUT2D eigenvalue weighted by Gasteiger charge is 2.36. The number of carbonyl (C=O) groups is 3. The summed E-state index contributed by atoms with van der Waals surface area (Å²) in [5, 5.41) is 10.9. The lowest BCUT2D eigenvalue weighted by atomic mass is 10.1. The highest BCUT2D eigenvalue weighted by molar-refractivity contribution is 6.39. The summed E-state index contributed by atoms with van der Waals surface area (Å²) in [5.74, 6) is -2.15. The Morgan fingerprint density at radius 2 is 1.64 bits per heavy atom. The van der Waals surface area contributed by atoms with Crippen LogP contribution in [0.1, 0.15) is 11.1 Å². The molecule has 4 amide bonds. The maximum absolute atomic E-state index is 13.0. The number of amides is 4. The van der Waals surface area contributed by atoms with E-state index >= 15 is 0 Å². The lowest BCUT2D eigenvalue weighted by Crippen LogP contribution is -2.54. The molecular weight excluding hydrogens is 325 g/mol. The molecular formula is C18H10FN3O3. The molecule has 1 N–H and O–H groups in total. The Balaban J connectivity index is 1.98. The van der Waals surface area contributed by atoms with Crippen LogP contribution in [0.25, 0.3) is 6.08 Å². The molecule has 25 heavy (non-hydrogen) atoms. The maximum atomic E-state index is 13.0. The highest BCUT2D eigenvalue weighted by atomic mass is 19.1. The van der Waals surface area contributed by atoms with Crippen molar-refractivity contribution >= 4 is 29.6 Å². The quantitative estimate of drug-likeness (QED) is 0.674. The van der Waals surface area contributed by atoms with Gasteiger partial charge in [-0.3, -0.25) is 14.9 Å². The Bertz CT molecular complexity index is 941. The van der Waals surface area contributed by atoms with Crippen molar-refractivity contribution in [2.75, 3.05) is 4.90 Å². The van der Waals surface area contributed by atoms with Gasteiger partial charge < -0.3 is 0 Å². The van der Waals surface area contributed by atoms with Crippen LogP contribution in [0.2, 0.25) is 0 Å². The van der Waals surface area contributed by atoms with E-state index in [0.29, 0.717) is 11.1 Å². The molecule has 0 atom stereocenters. The second-order valence-corrected chi connectivity index (χ2v) is 5.17. The number of rotatable bonds is 2. The van der Waals surface area contributed by atoms with Crippen molar-refractivity contribution in [2.24, 2.45) is 0 Å². The fraction of sp³-hybridized carbons (Fsp3) is 0. The molecule has 6 nitrogen and oxygen atoms in total. The summed E-state index contributed by atoms with van der Waals surface area (Å²) in [6.07, 6.45) is 1.32. The van der Waals surface area contributed by atoms with E-state index < -0.39 is 23.7 Å². The third kappa shape index (κ3) is 3.14. The second-order valence-electron chi connectivity index (χ2n) is 5.17. The molecule has 1 aliphatic heterocycles. The van der Waals surface area contributed by atoms with Gasteiger partial charge in [0.05, 0.1) is 17.3 Å². The summed E-state index contributed by atoms with van der Waals surface area (Å²) < 4.78 is 13.0. The molecule has 0 radical (unpaired) electrons. The molecule has 0 aromatic heterocycles. The summed E-state index contributed by atoms with van der Waals surface area (Å²) >= 11 is 0. The molecule has 3 rings (SSSR count). The smallest absolute Gasteiger partial charge is 0.273 e. The van der Waals surface area contributed by atoms with Gasteiger partial charge in [-0.2, -0.15) is 5.26 Å². The van der Waals surface area contributed by atoms with Gasteiger partial charge in [-0.1, -0.05) is 12.1 Å². The van der Waals surface area contributed by atoms with Crippen LogP contribution in [-0.2, 0) is 9.59 Å². The monoisotopic (exact) mass is 335 g/mol. The van der Waals surface area contributed by atoms with Crippen molar-refractivity contribution in [1.82, 2.24) is 5.32 Å². The van der Waals surface area contributed by atoms with Crippen LogP contribution in [0.15, 0.2) is 54.1 Å². The third-order valence-corrected chi connectivity index (χ3v) is 3.54. The van der Waals surface area contributed by atoms with Crippen molar-refractivity contribution in [3.05, 3.63) is 71.0 Å². The first kappa shape index (κ1) is 16.1. The minimum atomic E-state index is -0.904. The summed E-state index contributed by atoms with van der Waals surface area (Å²) in [5.41, 5.74) is 0.853. The fourth-order valence-electron chi connectivity index (χ4n) is 2.30. The van der Waals surface area contributed by atoms with Gasteiger partial charge in [0.25, 0.3) is 11.8 Å². The van der Waals surface area contributed by atoms with Crippen molar-refractivity contribution in [3.8, 4) is 6.07 Å². The molecule has 1 heterocycles. The molecule has 1 fully saturated rings. The van der Waals surface area contributed by atoms with Gasteiger partial charge in [0.15, 0.2) is 0 Å². The van der Waals surface area contributed by atoms with Gasteiger partial charge in [-0.05, 0) is 48.0 Å². The van der Waals surface area contributed by atoms with Crippen LogP contribution in [0, 0.1) is 17.1 Å². The number of hydrogen-bond donors (Lipinski definition) is 1. The topological polar surface area (TPSA) is 90.3 Å². The minimum absolute atomic E-state index is 0.141. The molecule has 0 bridgehead atoms. The molecule has 0 saturated carbocycles. The Labute approximate surface area is 141 Å². The first-order valence-corrected chi connectivity index (χ1v) is 7.17. The number of carbonyl (C=O) groups excluding carboxylic acids is 3. The average Bonchev–Trinajstić information content (AvgIpc) is 2.60. The van der Waals surface area contributed by atoms with Crippen molar-refractivity contribution in [1.29, 1.82) is 5.26 Å². The van der Waals surface area contributed by atoms with E-state index in [1.807, 2.05) is 6.07 Å². The summed E-state index contributed by atoms with van der Waals surface area (Å²) in [4.78, 5) is 37.4. The summed E-state index contributed by atoms with van der Waals surface area (Å²) in [6, 6.07) is 12.0. The van der Waals surface area contributed by atoms with Crippen molar-refractivity contribution in [3.63, 3.8) is 0 Å². The largest absolute Gasteiger partial charge is 0.335 e. The van der Waals surface area contributed by atoms with Gasteiger partial charge in [0.1, 0.15) is 11.4 Å². The standard InChI is InChI=1S/C18H10FN3O3/c19-13-5-7-14(8-6-13)22-17(24)15(16(23)21-18(22)25)9-11-1-3-12(10-20)4-2-11/h1-9H,(H,21,23,25)/b15-9+. The Hall–Kier alpha value is -3.79. The number of nitrogens with zero attached hydrogens (tertiary/aromatic N) is 2. The zero-order chi connectivity index (χ0) is 18.0. The summed E-state index contributed by atoms with van der Waals surface area (Å²) in [7, 11) is 0. The number of nitriles is 1. The van der Waals surface area contributed by atoms with E-state index in [1.165, 1.54) is 18.2 Å². The van der Waals surface area contributed by atoms with E-state index in [4.69, 9.17) is 5.26 Å². The van der Waals surface area contributed by atoms with Crippen molar-refractivity contribution in [2.45, 2.75) is 0 Å². The van der Waals surface area contributed by atoms with Gasteiger partial charge in [0.2, 0.25) is 0 Å². The second kappa shape index (κ2) is 6.37. The first-order valence-electron chi connectivity index (χ1n) is 7.17. The van der Waals surface area contributed by atoms with E-state index in [2.05, 4.69) is 5.32 Å². The SMILES string of the molecule is N#Cc1ccc(/C=C2\C(=O)NC(=O)N(c3ccc(F)cc3)C2=O)cc1. The maximum Gasteiger partial charge on any atom is 0.335 e. The number of barbiturate groups is 1. The van der Waals surface area contributed by atoms with E-state index in [0.717, 1.165) is 17.0 Å². The molecule has 1 aliphatic rings. The van der Waals surface area contributed by atoms with E-state index in [-0.39, 0.29) is 11.3 Å². The number of benzene rings is 2. The van der Waals surface area contributed by atoms with Crippen LogP contribution in [0.3, 0.4) is 0 Å². The fourth-order valence-corrected chi connectivity index (χ4v) is 2.30. The molecule has 0 unspecified atom stereocenters. The zero-order valence-corrected chi connectivity index (χ0v) is 12.7. The molecule has 2 aromatic rings. The van der Waals surface area contributed by atoms with Crippen LogP contribution < -0.4 is 10.2 Å². The number of nitrogens with one attached hydrogen (secondary N) is 1. The predicted octanol–water partition coefficient (Wildman–Crippen LogP) is 2.36. The summed E-state index contributed by atoms with van der Waals surface area (Å²) in [6.45, 7) is 0. The van der Waals surface area contributed by atoms with E-state index in [1.54, 1.807) is 24.3 Å². The van der Waals surface area contributed by atoms with Crippen LogP contribution in [0.4, 0.5) is 14.9 Å². The van der Waals surface area contributed by atoms with Crippen LogP contribution >= 0.6 is 0 Å². The Morgan fingerprint density at radius 3 is 2.24 bits per heavy atom. The third-order valence-electron chi connectivity index (χ3n) is 3.54. The van der Waals surface area contributed by atoms with Gasteiger partial charge in [-0.15, -0.1) is 0 Å². The number of hydrogen-bond acceptors (Lipinski definition) is 4. The highest BCUT2D eigenvalue weighted by Crippen LogP contribution is 2.22. The number of urea groups is 1.